The van der Waals surface area contributed by atoms with E-state index in [1.807, 2.05) is 20.8 Å². The summed E-state index contributed by atoms with van der Waals surface area (Å²) < 4.78 is 0. The van der Waals surface area contributed by atoms with Crippen LogP contribution in [0.3, 0.4) is 0 Å². The number of hydrogen-bond donors (Lipinski definition) is 2. The van der Waals surface area contributed by atoms with E-state index in [1.165, 1.54) is 12.8 Å². The van der Waals surface area contributed by atoms with Crippen LogP contribution in [0.25, 0.3) is 0 Å². The molecular weight excluding hydrogens is 238 g/mol. The molecule has 1 heterocycles. The Morgan fingerprint density at radius 1 is 1.21 bits per heavy atom. The summed E-state index contributed by atoms with van der Waals surface area (Å²) in [5, 5.41) is 6.42. The summed E-state index contributed by atoms with van der Waals surface area (Å²) >= 11 is 0. The maximum Gasteiger partial charge on any atom is 0.237 e. The van der Waals surface area contributed by atoms with Crippen LogP contribution in [-0.2, 0) is 4.79 Å². The van der Waals surface area contributed by atoms with Gasteiger partial charge in [0.2, 0.25) is 5.91 Å². The van der Waals surface area contributed by atoms with Crippen molar-refractivity contribution in [2.45, 2.75) is 65.6 Å². The van der Waals surface area contributed by atoms with Crippen LogP contribution in [0, 0.1) is 5.92 Å². The highest BCUT2D eigenvalue weighted by Crippen LogP contribution is 2.17. The van der Waals surface area contributed by atoms with E-state index in [9.17, 15) is 4.79 Å². The average molecular weight is 269 g/mol. The molecule has 1 fully saturated rings. The molecule has 1 amide bonds. The number of nitrogens with zero attached hydrogens (tertiary/aromatic N) is 1. The third kappa shape index (κ3) is 5.49. The number of hydrogen-bond acceptors (Lipinski definition) is 3. The van der Waals surface area contributed by atoms with Gasteiger partial charge in [0.25, 0.3) is 0 Å². The Bertz CT molecular complexity index is 273. The molecule has 0 aliphatic carbocycles. The molecule has 4 heteroatoms. The first kappa shape index (κ1) is 16.4. The van der Waals surface area contributed by atoms with Gasteiger partial charge in [-0.15, -0.1) is 0 Å². The van der Waals surface area contributed by atoms with Crippen LogP contribution in [0.1, 0.15) is 47.5 Å². The van der Waals surface area contributed by atoms with E-state index >= 15 is 0 Å². The third-order valence-electron chi connectivity index (χ3n) is 3.90. The Hall–Kier alpha value is -0.610. The normalized spacial score (nSPS) is 19.2. The minimum atomic E-state index is -0.0442. The van der Waals surface area contributed by atoms with Gasteiger partial charge in [0.15, 0.2) is 0 Å². The molecule has 0 aromatic heterocycles. The smallest absolute Gasteiger partial charge is 0.237 e. The van der Waals surface area contributed by atoms with Crippen molar-refractivity contribution in [1.29, 1.82) is 0 Å². The van der Waals surface area contributed by atoms with Crippen molar-refractivity contribution in [3.8, 4) is 0 Å². The SMILES string of the molecule is CC(C)NC(=O)C(C)N(CC1CCNCC1)C(C)C. The van der Waals surface area contributed by atoms with E-state index in [4.69, 9.17) is 0 Å². The molecule has 0 bridgehead atoms. The number of piperidine rings is 1. The maximum atomic E-state index is 12.2. The summed E-state index contributed by atoms with van der Waals surface area (Å²) in [6.45, 7) is 13.7. The van der Waals surface area contributed by atoms with Crippen molar-refractivity contribution in [3.05, 3.63) is 0 Å². The predicted molar refractivity (Wildman–Crippen MR) is 80.2 cm³/mol. The highest BCUT2D eigenvalue weighted by atomic mass is 16.2. The molecule has 0 aromatic carbocycles. The maximum absolute atomic E-state index is 12.2. The molecule has 1 aliphatic rings. The molecule has 0 aromatic rings. The summed E-state index contributed by atoms with van der Waals surface area (Å²) in [6, 6.07) is 0.572. The van der Waals surface area contributed by atoms with Gasteiger partial charge in [0.05, 0.1) is 6.04 Å². The van der Waals surface area contributed by atoms with Gasteiger partial charge in [0.1, 0.15) is 0 Å². The summed E-state index contributed by atoms with van der Waals surface area (Å²) in [5.41, 5.74) is 0. The quantitative estimate of drug-likeness (QED) is 0.770. The molecule has 0 spiro atoms. The Balaban J connectivity index is 2.57. The molecule has 1 unspecified atom stereocenters. The second-order valence-electron chi connectivity index (χ2n) is 6.32. The van der Waals surface area contributed by atoms with Crippen LogP contribution < -0.4 is 10.6 Å². The molecule has 4 nitrogen and oxygen atoms in total. The zero-order valence-electron chi connectivity index (χ0n) is 13.2. The van der Waals surface area contributed by atoms with Gasteiger partial charge < -0.3 is 10.6 Å². The first-order valence-electron chi connectivity index (χ1n) is 7.68. The minimum absolute atomic E-state index is 0.0442. The van der Waals surface area contributed by atoms with Gasteiger partial charge in [-0.3, -0.25) is 9.69 Å². The Morgan fingerprint density at radius 2 is 1.79 bits per heavy atom. The van der Waals surface area contributed by atoms with Gasteiger partial charge in [-0.05, 0) is 66.5 Å². The molecule has 19 heavy (non-hydrogen) atoms. The highest BCUT2D eigenvalue weighted by molar-refractivity contribution is 5.81. The van der Waals surface area contributed by atoms with Crippen molar-refractivity contribution < 1.29 is 4.79 Å². The van der Waals surface area contributed by atoms with Crippen LogP contribution in [0.5, 0.6) is 0 Å². The number of carbonyl (C=O) groups excluding carboxylic acids is 1. The van der Waals surface area contributed by atoms with Crippen LogP contribution in [-0.4, -0.2) is 48.6 Å². The van der Waals surface area contributed by atoms with E-state index in [0.29, 0.717) is 6.04 Å². The first-order valence-corrected chi connectivity index (χ1v) is 7.68. The predicted octanol–water partition coefficient (Wildman–Crippen LogP) is 1.61. The van der Waals surface area contributed by atoms with Crippen molar-refractivity contribution in [2.75, 3.05) is 19.6 Å². The second kappa shape index (κ2) is 7.85. The lowest BCUT2D eigenvalue weighted by Crippen LogP contribution is -2.51. The zero-order chi connectivity index (χ0) is 14.4. The van der Waals surface area contributed by atoms with E-state index in [1.54, 1.807) is 0 Å². The fraction of sp³-hybridized carbons (Fsp3) is 0.933. The molecule has 1 aliphatic heterocycles. The van der Waals surface area contributed by atoms with E-state index in [2.05, 4.69) is 29.4 Å². The largest absolute Gasteiger partial charge is 0.353 e. The minimum Gasteiger partial charge on any atom is -0.353 e. The summed E-state index contributed by atoms with van der Waals surface area (Å²) in [4.78, 5) is 14.5. The lowest BCUT2D eigenvalue weighted by Gasteiger charge is -2.36. The topological polar surface area (TPSA) is 44.4 Å². The van der Waals surface area contributed by atoms with E-state index in [0.717, 1.165) is 25.6 Å². The molecule has 1 atom stereocenters. The van der Waals surface area contributed by atoms with Gasteiger partial charge in [-0.1, -0.05) is 0 Å². The second-order valence-corrected chi connectivity index (χ2v) is 6.32. The number of amides is 1. The van der Waals surface area contributed by atoms with Crippen molar-refractivity contribution in [2.24, 2.45) is 5.92 Å². The number of rotatable bonds is 6. The molecule has 0 saturated carbocycles. The van der Waals surface area contributed by atoms with Crippen LogP contribution in [0.15, 0.2) is 0 Å². The molecular formula is C15H31N3O. The number of carbonyl (C=O) groups is 1. The molecule has 1 saturated heterocycles. The lowest BCUT2D eigenvalue weighted by molar-refractivity contribution is -0.127. The Labute approximate surface area is 118 Å². The standard InChI is InChI=1S/C15H31N3O/c1-11(2)17-15(19)13(5)18(12(3)4)10-14-6-8-16-9-7-14/h11-14,16H,6-10H2,1-5H3,(H,17,19). The lowest BCUT2D eigenvalue weighted by atomic mass is 9.96. The van der Waals surface area contributed by atoms with Crippen LogP contribution >= 0.6 is 0 Å². The van der Waals surface area contributed by atoms with Gasteiger partial charge in [-0.2, -0.15) is 0 Å². The van der Waals surface area contributed by atoms with Crippen molar-refractivity contribution >= 4 is 5.91 Å². The zero-order valence-corrected chi connectivity index (χ0v) is 13.2. The van der Waals surface area contributed by atoms with Crippen molar-refractivity contribution in [3.63, 3.8) is 0 Å². The molecule has 2 N–H and O–H groups in total. The Morgan fingerprint density at radius 3 is 2.26 bits per heavy atom. The monoisotopic (exact) mass is 269 g/mol. The summed E-state index contributed by atoms with van der Waals surface area (Å²) in [7, 11) is 0. The Kier molecular flexibility index (Phi) is 6.80. The van der Waals surface area contributed by atoms with Crippen molar-refractivity contribution in [1.82, 2.24) is 15.5 Å². The van der Waals surface area contributed by atoms with Crippen LogP contribution in [0.4, 0.5) is 0 Å². The van der Waals surface area contributed by atoms with Gasteiger partial charge in [0, 0.05) is 18.6 Å². The van der Waals surface area contributed by atoms with Crippen LogP contribution in [0.2, 0.25) is 0 Å². The molecule has 112 valence electrons. The third-order valence-corrected chi connectivity index (χ3v) is 3.90. The fourth-order valence-electron chi connectivity index (χ4n) is 2.73. The van der Waals surface area contributed by atoms with E-state index in [-0.39, 0.29) is 18.0 Å². The molecule has 1 rings (SSSR count). The number of nitrogens with one attached hydrogen (secondary N) is 2. The highest BCUT2D eigenvalue weighted by Gasteiger charge is 2.27. The van der Waals surface area contributed by atoms with Gasteiger partial charge in [-0.25, -0.2) is 0 Å². The summed E-state index contributed by atoms with van der Waals surface area (Å²) in [5.74, 6) is 0.871. The average Bonchev–Trinajstić information content (AvgIpc) is 2.35. The molecule has 0 radical (unpaired) electrons. The summed E-state index contributed by atoms with van der Waals surface area (Å²) in [6.07, 6.45) is 2.45. The first-order chi connectivity index (χ1) is 8.91. The van der Waals surface area contributed by atoms with Gasteiger partial charge >= 0.3 is 0 Å². The van der Waals surface area contributed by atoms with E-state index < -0.39 is 0 Å². The fourth-order valence-corrected chi connectivity index (χ4v) is 2.73.